The highest BCUT2D eigenvalue weighted by molar-refractivity contribution is 7.89. The Hall–Kier alpha value is -3.21. The molecule has 4 rings (SSSR count). The van der Waals surface area contributed by atoms with Crippen LogP contribution in [0.2, 0.25) is 0 Å². The van der Waals surface area contributed by atoms with E-state index in [9.17, 15) is 8.42 Å². The van der Waals surface area contributed by atoms with Crippen LogP contribution in [-0.4, -0.2) is 43.1 Å². The number of anilines is 4. The number of benzene rings is 2. The Morgan fingerprint density at radius 1 is 1.00 bits per heavy atom. The molecule has 36 heavy (non-hydrogen) atoms. The summed E-state index contributed by atoms with van der Waals surface area (Å²) in [6, 6.07) is 14.4. The van der Waals surface area contributed by atoms with Crippen LogP contribution in [0.1, 0.15) is 39.2 Å². The van der Waals surface area contributed by atoms with Crippen LogP contribution < -0.4 is 25.4 Å². The summed E-state index contributed by atoms with van der Waals surface area (Å²) in [5.74, 6) is 1.85. The maximum absolute atomic E-state index is 12.7. The predicted octanol–water partition coefficient (Wildman–Crippen LogP) is 4.48. The van der Waals surface area contributed by atoms with Gasteiger partial charge in [0.2, 0.25) is 16.0 Å². The topological polar surface area (TPSA) is 117 Å². The maximum atomic E-state index is 12.7. The first-order chi connectivity index (χ1) is 17.1. The molecule has 1 fully saturated rings. The van der Waals surface area contributed by atoms with E-state index < -0.39 is 15.6 Å². The lowest BCUT2D eigenvalue weighted by Crippen LogP contribution is -2.40. The lowest BCUT2D eigenvalue weighted by atomic mass is 10.1. The number of hydrogen-bond donors (Lipinski definition) is 4. The second kappa shape index (κ2) is 10.8. The number of nitrogens with zero attached hydrogens (tertiary/aromatic N) is 2. The quantitative estimate of drug-likeness (QED) is 0.350. The van der Waals surface area contributed by atoms with Gasteiger partial charge in [-0.2, -0.15) is 4.98 Å². The monoisotopic (exact) mass is 510 g/mol. The molecule has 10 heteroatoms. The molecule has 0 saturated carbocycles. The third-order valence-corrected chi connectivity index (χ3v) is 7.27. The van der Waals surface area contributed by atoms with Crippen molar-refractivity contribution in [1.82, 2.24) is 20.0 Å². The van der Waals surface area contributed by atoms with E-state index in [1.165, 1.54) is 0 Å². The van der Waals surface area contributed by atoms with E-state index in [2.05, 4.69) is 30.6 Å². The highest BCUT2D eigenvalue weighted by Crippen LogP contribution is 2.25. The first-order valence-electron chi connectivity index (χ1n) is 12.1. The SMILES string of the molecule is Cc1cnc(Nc2ccc(OC3CCNCC3)cc2)nc1Nc1cccc(S(=O)(=O)NC(C)(C)C)c1. The van der Waals surface area contributed by atoms with Gasteiger partial charge < -0.3 is 20.7 Å². The third kappa shape index (κ3) is 7.16. The summed E-state index contributed by atoms with van der Waals surface area (Å²) in [4.78, 5) is 9.16. The number of ether oxygens (including phenoxy) is 1. The second-order valence-corrected chi connectivity index (χ2v) is 11.6. The minimum Gasteiger partial charge on any atom is -0.490 e. The molecule has 1 saturated heterocycles. The molecule has 0 spiro atoms. The Morgan fingerprint density at radius 2 is 1.72 bits per heavy atom. The molecule has 1 aromatic heterocycles. The van der Waals surface area contributed by atoms with Gasteiger partial charge in [-0.05, 0) is 96.1 Å². The Bertz CT molecular complexity index is 1280. The Kier molecular flexibility index (Phi) is 7.77. The molecule has 1 aliphatic rings. The number of aryl methyl sites for hydroxylation is 1. The van der Waals surface area contributed by atoms with Crippen LogP contribution in [0.4, 0.5) is 23.1 Å². The van der Waals surface area contributed by atoms with Gasteiger partial charge in [-0.25, -0.2) is 18.1 Å². The summed E-state index contributed by atoms with van der Waals surface area (Å²) in [5, 5.41) is 9.77. The van der Waals surface area contributed by atoms with Crippen molar-refractivity contribution in [3.63, 3.8) is 0 Å². The molecule has 4 N–H and O–H groups in total. The van der Waals surface area contributed by atoms with Crippen molar-refractivity contribution in [2.75, 3.05) is 23.7 Å². The fourth-order valence-corrected chi connectivity index (χ4v) is 5.28. The zero-order valence-electron chi connectivity index (χ0n) is 21.1. The van der Waals surface area contributed by atoms with Gasteiger partial charge in [-0.1, -0.05) is 6.07 Å². The molecule has 2 aromatic carbocycles. The molecular formula is C26H34N6O3S. The first-order valence-corrected chi connectivity index (χ1v) is 13.5. The van der Waals surface area contributed by atoms with Gasteiger partial charge in [-0.3, -0.25) is 0 Å². The molecule has 2 heterocycles. The van der Waals surface area contributed by atoms with E-state index in [-0.39, 0.29) is 11.0 Å². The van der Waals surface area contributed by atoms with E-state index in [1.54, 1.807) is 51.2 Å². The standard InChI is InChI=1S/C26H34N6O3S/c1-18-17-28-25(30-19-8-10-21(11-9-19)35-22-12-14-27-15-13-22)31-24(18)29-20-6-5-7-23(16-20)36(33,34)32-26(2,3)4/h5-11,16-17,22,27,32H,12-15H2,1-4H3,(H2,28,29,30,31). The number of hydrogen-bond acceptors (Lipinski definition) is 8. The van der Waals surface area contributed by atoms with Gasteiger partial charge >= 0.3 is 0 Å². The van der Waals surface area contributed by atoms with Crippen molar-refractivity contribution < 1.29 is 13.2 Å². The van der Waals surface area contributed by atoms with Crippen molar-refractivity contribution in [1.29, 1.82) is 0 Å². The summed E-state index contributed by atoms with van der Waals surface area (Å²) < 4.78 is 34.2. The maximum Gasteiger partial charge on any atom is 0.241 e. The average molecular weight is 511 g/mol. The fraction of sp³-hybridized carbons (Fsp3) is 0.385. The lowest BCUT2D eigenvalue weighted by Gasteiger charge is -2.23. The smallest absolute Gasteiger partial charge is 0.241 e. The number of rotatable bonds is 8. The van der Waals surface area contributed by atoms with Crippen molar-refractivity contribution in [3.8, 4) is 5.75 Å². The molecule has 3 aromatic rings. The molecule has 1 aliphatic heterocycles. The summed E-state index contributed by atoms with van der Waals surface area (Å²) >= 11 is 0. The van der Waals surface area contributed by atoms with E-state index in [0.717, 1.165) is 42.9 Å². The normalized spacial score (nSPS) is 14.9. The number of sulfonamides is 1. The summed E-state index contributed by atoms with van der Waals surface area (Å²) in [5.41, 5.74) is 1.69. The Morgan fingerprint density at radius 3 is 2.42 bits per heavy atom. The molecule has 192 valence electrons. The summed E-state index contributed by atoms with van der Waals surface area (Å²) in [6.07, 6.45) is 3.98. The highest BCUT2D eigenvalue weighted by Gasteiger charge is 2.22. The van der Waals surface area contributed by atoms with Crippen LogP contribution in [0.15, 0.2) is 59.6 Å². The molecule has 0 radical (unpaired) electrons. The van der Waals surface area contributed by atoms with Crippen LogP contribution in [0, 0.1) is 6.92 Å². The molecule has 0 unspecified atom stereocenters. The van der Waals surface area contributed by atoms with Crippen molar-refractivity contribution in [3.05, 3.63) is 60.3 Å². The zero-order chi connectivity index (χ0) is 25.8. The zero-order valence-corrected chi connectivity index (χ0v) is 21.9. The van der Waals surface area contributed by atoms with Crippen LogP contribution >= 0.6 is 0 Å². The van der Waals surface area contributed by atoms with Crippen LogP contribution in [0.5, 0.6) is 5.75 Å². The van der Waals surface area contributed by atoms with Crippen molar-refractivity contribution in [2.24, 2.45) is 0 Å². The predicted molar refractivity (Wildman–Crippen MR) is 143 cm³/mol. The highest BCUT2D eigenvalue weighted by atomic mass is 32.2. The number of piperidine rings is 1. The van der Waals surface area contributed by atoms with Crippen LogP contribution in [0.25, 0.3) is 0 Å². The van der Waals surface area contributed by atoms with E-state index in [0.29, 0.717) is 17.5 Å². The van der Waals surface area contributed by atoms with Crippen LogP contribution in [-0.2, 0) is 10.0 Å². The largest absolute Gasteiger partial charge is 0.490 e. The fourth-order valence-electron chi connectivity index (χ4n) is 3.82. The van der Waals surface area contributed by atoms with E-state index in [1.807, 2.05) is 31.2 Å². The average Bonchev–Trinajstić information content (AvgIpc) is 2.82. The molecule has 0 bridgehead atoms. The first kappa shape index (κ1) is 25.9. The summed E-state index contributed by atoms with van der Waals surface area (Å²) in [6.45, 7) is 9.28. The summed E-state index contributed by atoms with van der Waals surface area (Å²) in [7, 11) is -3.65. The second-order valence-electron chi connectivity index (χ2n) is 9.95. The minimum atomic E-state index is -3.65. The minimum absolute atomic E-state index is 0.180. The van der Waals surface area contributed by atoms with Gasteiger partial charge in [0.05, 0.1) is 4.90 Å². The van der Waals surface area contributed by atoms with Crippen LogP contribution in [0.3, 0.4) is 0 Å². The molecule has 9 nitrogen and oxygen atoms in total. The Balaban J connectivity index is 1.45. The van der Waals surface area contributed by atoms with Crippen molar-refractivity contribution in [2.45, 2.75) is 57.1 Å². The molecule has 0 amide bonds. The number of aromatic nitrogens is 2. The molecule has 0 atom stereocenters. The van der Waals surface area contributed by atoms with Gasteiger partial charge in [0.25, 0.3) is 0 Å². The van der Waals surface area contributed by atoms with E-state index in [4.69, 9.17) is 4.74 Å². The van der Waals surface area contributed by atoms with Gasteiger partial charge in [0, 0.05) is 28.7 Å². The van der Waals surface area contributed by atoms with E-state index >= 15 is 0 Å². The molecular weight excluding hydrogens is 476 g/mol. The third-order valence-electron chi connectivity index (χ3n) is 5.52. The van der Waals surface area contributed by atoms with Gasteiger partial charge in [0.15, 0.2) is 0 Å². The lowest BCUT2D eigenvalue weighted by molar-refractivity contribution is 0.162. The Labute approximate surface area is 213 Å². The van der Waals surface area contributed by atoms with Crippen molar-refractivity contribution >= 4 is 33.2 Å². The van der Waals surface area contributed by atoms with Gasteiger partial charge in [0.1, 0.15) is 17.7 Å². The molecule has 0 aliphatic carbocycles. The van der Waals surface area contributed by atoms with Gasteiger partial charge in [-0.15, -0.1) is 0 Å². The number of nitrogens with one attached hydrogen (secondary N) is 4.